The monoisotopic (exact) mass is 220 g/mol. The third-order valence-corrected chi connectivity index (χ3v) is 2.53. The molecule has 2 N–H and O–H groups in total. The van der Waals surface area contributed by atoms with Gasteiger partial charge in [-0.05, 0) is 44.0 Å². The molecule has 1 aliphatic rings. The molecule has 0 saturated carbocycles. The van der Waals surface area contributed by atoms with Gasteiger partial charge >= 0.3 is 6.09 Å². The van der Waals surface area contributed by atoms with Crippen LogP contribution in [-0.4, -0.2) is 18.9 Å². The quantitative estimate of drug-likeness (QED) is 0.803. The summed E-state index contributed by atoms with van der Waals surface area (Å²) < 4.78 is 5.19. The van der Waals surface area contributed by atoms with Gasteiger partial charge in [0, 0.05) is 5.69 Å². The van der Waals surface area contributed by atoms with Crippen LogP contribution >= 0.6 is 0 Å². The maximum absolute atomic E-state index is 11.5. The second kappa shape index (κ2) is 4.99. The van der Waals surface area contributed by atoms with Gasteiger partial charge < -0.3 is 4.74 Å². The van der Waals surface area contributed by atoms with E-state index in [1.165, 1.54) is 0 Å². The summed E-state index contributed by atoms with van der Waals surface area (Å²) in [5.74, 6) is 0. The van der Waals surface area contributed by atoms with E-state index in [-0.39, 0.29) is 6.23 Å². The predicted octanol–water partition coefficient (Wildman–Crippen LogP) is 2.25. The number of ether oxygens (including phenoxy) is 1. The highest BCUT2D eigenvalue weighted by atomic mass is 16.6. The van der Waals surface area contributed by atoms with Gasteiger partial charge in [0.25, 0.3) is 0 Å². The fourth-order valence-corrected chi connectivity index (χ4v) is 1.75. The molecule has 86 valence electrons. The van der Waals surface area contributed by atoms with Crippen molar-refractivity contribution in [1.82, 2.24) is 5.32 Å². The maximum Gasteiger partial charge on any atom is 0.413 e. The van der Waals surface area contributed by atoms with Gasteiger partial charge in [-0.15, -0.1) is 0 Å². The third-order valence-electron chi connectivity index (χ3n) is 2.53. The molecular formula is C12H16N2O2. The lowest BCUT2D eigenvalue weighted by molar-refractivity contribution is 0.102. The maximum atomic E-state index is 11.5. The van der Waals surface area contributed by atoms with Gasteiger partial charge in [-0.3, -0.25) is 10.6 Å². The number of carbonyl (C=O) groups is 1. The molecule has 1 atom stereocenters. The van der Waals surface area contributed by atoms with Crippen molar-refractivity contribution in [3.8, 4) is 0 Å². The summed E-state index contributed by atoms with van der Waals surface area (Å²) in [4.78, 5) is 11.5. The van der Waals surface area contributed by atoms with E-state index in [0.29, 0.717) is 0 Å². The summed E-state index contributed by atoms with van der Waals surface area (Å²) in [6, 6.07) is 7.63. The van der Waals surface area contributed by atoms with Gasteiger partial charge in [-0.2, -0.15) is 0 Å². The molecule has 1 aromatic carbocycles. The molecule has 0 aromatic heterocycles. The van der Waals surface area contributed by atoms with Crippen molar-refractivity contribution in [2.24, 2.45) is 0 Å². The summed E-state index contributed by atoms with van der Waals surface area (Å²) in [7, 11) is 0. The first-order valence-corrected chi connectivity index (χ1v) is 5.52. The molecule has 2 rings (SSSR count). The minimum atomic E-state index is -0.398. The number of rotatable bonds is 2. The molecular weight excluding hydrogens is 204 g/mol. The fraction of sp³-hybridized carbons (Fsp3) is 0.417. The zero-order valence-electron chi connectivity index (χ0n) is 9.32. The van der Waals surface area contributed by atoms with E-state index in [2.05, 4.69) is 10.6 Å². The van der Waals surface area contributed by atoms with Crippen LogP contribution in [0.3, 0.4) is 0 Å². The normalized spacial score (nSPS) is 19.4. The van der Waals surface area contributed by atoms with E-state index < -0.39 is 6.09 Å². The van der Waals surface area contributed by atoms with E-state index in [1.54, 1.807) is 0 Å². The van der Waals surface area contributed by atoms with E-state index in [0.717, 1.165) is 30.6 Å². The SMILES string of the molecule is Cc1cccc(NC(=O)OC2CCCN2)c1. The number of nitrogens with one attached hydrogen (secondary N) is 2. The second-order valence-corrected chi connectivity index (χ2v) is 3.98. The number of anilines is 1. The van der Waals surface area contributed by atoms with Crippen molar-refractivity contribution in [1.29, 1.82) is 0 Å². The Kier molecular flexibility index (Phi) is 3.41. The average molecular weight is 220 g/mol. The molecule has 1 fully saturated rings. The highest BCUT2D eigenvalue weighted by Gasteiger charge is 2.18. The fourth-order valence-electron chi connectivity index (χ4n) is 1.75. The molecule has 0 aliphatic carbocycles. The van der Waals surface area contributed by atoms with E-state index in [9.17, 15) is 4.79 Å². The van der Waals surface area contributed by atoms with Crippen LogP contribution < -0.4 is 10.6 Å². The second-order valence-electron chi connectivity index (χ2n) is 3.98. The predicted molar refractivity (Wildman–Crippen MR) is 62.3 cm³/mol. The Balaban J connectivity index is 1.86. The molecule has 0 bridgehead atoms. The van der Waals surface area contributed by atoms with Crippen molar-refractivity contribution >= 4 is 11.8 Å². The Hall–Kier alpha value is -1.55. The first kappa shape index (κ1) is 11.0. The molecule has 4 heteroatoms. The first-order chi connectivity index (χ1) is 7.74. The molecule has 1 amide bonds. The van der Waals surface area contributed by atoms with Gasteiger partial charge in [0.1, 0.15) is 0 Å². The van der Waals surface area contributed by atoms with E-state index >= 15 is 0 Å². The molecule has 1 heterocycles. The number of carbonyl (C=O) groups excluding carboxylic acids is 1. The molecule has 1 aromatic rings. The van der Waals surface area contributed by atoms with Crippen LogP contribution in [0, 0.1) is 6.92 Å². The van der Waals surface area contributed by atoms with Crippen molar-refractivity contribution < 1.29 is 9.53 Å². The van der Waals surface area contributed by atoms with Crippen LogP contribution in [0.2, 0.25) is 0 Å². The van der Waals surface area contributed by atoms with Crippen molar-refractivity contribution in [2.75, 3.05) is 11.9 Å². The summed E-state index contributed by atoms with van der Waals surface area (Å²) >= 11 is 0. The summed E-state index contributed by atoms with van der Waals surface area (Å²) in [5.41, 5.74) is 1.87. The number of aryl methyl sites for hydroxylation is 1. The van der Waals surface area contributed by atoms with E-state index in [4.69, 9.17) is 4.74 Å². The summed E-state index contributed by atoms with van der Waals surface area (Å²) in [6.07, 6.45) is 1.42. The van der Waals surface area contributed by atoms with Crippen LogP contribution in [0.4, 0.5) is 10.5 Å². The number of benzene rings is 1. The Morgan fingerprint density at radius 1 is 1.56 bits per heavy atom. The van der Waals surface area contributed by atoms with Crippen LogP contribution in [0.1, 0.15) is 18.4 Å². The average Bonchev–Trinajstić information content (AvgIpc) is 2.70. The summed E-state index contributed by atoms with van der Waals surface area (Å²) in [6.45, 7) is 2.90. The largest absolute Gasteiger partial charge is 0.430 e. The zero-order chi connectivity index (χ0) is 11.4. The number of hydrogen-bond acceptors (Lipinski definition) is 3. The van der Waals surface area contributed by atoms with E-state index in [1.807, 2.05) is 31.2 Å². The Morgan fingerprint density at radius 2 is 2.44 bits per heavy atom. The van der Waals surface area contributed by atoms with Crippen LogP contribution in [0.15, 0.2) is 24.3 Å². The standard InChI is InChI=1S/C12H16N2O2/c1-9-4-2-5-10(8-9)14-12(15)16-11-6-3-7-13-11/h2,4-5,8,11,13H,3,6-7H2,1H3,(H,14,15). The number of amides is 1. The van der Waals surface area contributed by atoms with Crippen LogP contribution in [-0.2, 0) is 4.74 Å². The molecule has 1 unspecified atom stereocenters. The van der Waals surface area contributed by atoms with Crippen molar-refractivity contribution in [3.63, 3.8) is 0 Å². The van der Waals surface area contributed by atoms with Gasteiger partial charge in [0.05, 0.1) is 0 Å². The highest BCUT2D eigenvalue weighted by molar-refractivity contribution is 5.84. The molecule has 1 saturated heterocycles. The molecule has 0 spiro atoms. The van der Waals surface area contributed by atoms with Gasteiger partial charge in [-0.1, -0.05) is 12.1 Å². The molecule has 4 nitrogen and oxygen atoms in total. The Morgan fingerprint density at radius 3 is 3.12 bits per heavy atom. The van der Waals surface area contributed by atoms with Crippen molar-refractivity contribution in [2.45, 2.75) is 26.0 Å². The molecule has 0 radical (unpaired) electrons. The topological polar surface area (TPSA) is 50.4 Å². The van der Waals surface area contributed by atoms with Gasteiger partial charge in [0.15, 0.2) is 6.23 Å². The lowest BCUT2D eigenvalue weighted by atomic mass is 10.2. The third kappa shape index (κ3) is 2.97. The number of hydrogen-bond donors (Lipinski definition) is 2. The first-order valence-electron chi connectivity index (χ1n) is 5.52. The molecule has 1 aliphatic heterocycles. The Bertz CT molecular complexity index is 373. The molecule has 16 heavy (non-hydrogen) atoms. The van der Waals surface area contributed by atoms with Crippen LogP contribution in [0.5, 0.6) is 0 Å². The van der Waals surface area contributed by atoms with Crippen molar-refractivity contribution in [3.05, 3.63) is 29.8 Å². The zero-order valence-corrected chi connectivity index (χ0v) is 9.32. The van der Waals surface area contributed by atoms with Gasteiger partial charge in [0.2, 0.25) is 0 Å². The summed E-state index contributed by atoms with van der Waals surface area (Å²) in [5, 5.41) is 5.81. The highest BCUT2D eigenvalue weighted by Crippen LogP contribution is 2.11. The minimum Gasteiger partial charge on any atom is -0.430 e. The lowest BCUT2D eigenvalue weighted by Crippen LogP contribution is -2.29. The minimum absolute atomic E-state index is 0.134. The van der Waals surface area contributed by atoms with Crippen LogP contribution in [0.25, 0.3) is 0 Å². The lowest BCUT2D eigenvalue weighted by Gasteiger charge is -2.12. The van der Waals surface area contributed by atoms with Gasteiger partial charge in [-0.25, -0.2) is 4.79 Å². The smallest absolute Gasteiger partial charge is 0.413 e. The Labute approximate surface area is 95.0 Å².